The van der Waals surface area contributed by atoms with Crippen LogP contribution in [0.4, 0.5) is 0 Å². The van der Waals surface area contributed by atoms with Crippen LogP contribution in [0.15, 0.2) is 36.4 Å². The van der Waals surface area contributed by atoms with Crippen molar-refractivity contribution in [2.45, 2.75) is 20.3 Å². The fourth-order valence-electron chi connectivity index (χ4n) is 2.16. The van der Waals surface area contributed by atoms with Crippen LogP contribution in [0.3, 0.4) is 0 Å². The standard InChI is InChI=1S/C19H22NO3P/c1-5-17-13-16(14-19(20-17)24(4,21)23-6-2)8-7-15-9-11-18(22-3)12-10-15/h9-14H,5-6H2,1-4H3. The number of hydrogen-bond acceptors (Lipinski definition) is 4. The van der Waals surface area contributed by atoms with Gasteiger partial charge in [0, 0.05) is 23.5 Å². The van der Waals surface area contributed by atoms with Gasteiger partial charge in [-0.2, -0.15) is 0 Å². The lowest BCUT2D eigenvalue weighted by Gasteiger charge is -2.13. The van der Waals surface area contributed by atoms with Crippen molar-refractivity contribution in [1.29, 1.82) is 0 Å². The number of aryl methyl sites for hydroxylation is 1. The van der Waals surface area contributed by atoms with Crippen LogP contribution in [0, 0.1) is 11.8 Å². The van der Waals surface area contributed by atoms with Crippen LogP contribution in [0.2, 0.25) is 0 Å². The molecule has 2 aromatic rings. The van der Waals surface area contributed by atoms with E-state index >= 15 is 0 Å². The molecular formula is C19H22NO3P. The van der Waals surface area contributed by atoms with Gasteiger partial charge in [-0.15, -0.1) is 0 Å². The zero-order valence-electron chi connectivity index (χ0n) is 14.5. The maximum Gasteiger partial charge on any atom is 0.247 e. The van der Waals surface area contributed by atoms with E-state index in [4.69, 9.17) is 9.26 Å². The van der Waals surface area contributed by atoms with Crippen LogP contribution in [0.1, 0.15) is 30.7 Å². The van der Waals surface area contributed by atoms with Crippen molar-refractivity contribution in [2.24, 2.45) is 0 Å². The predicted molar refractivity (Wildman–Crippen MR) is 97.4 cm³/mol. The zero-order chi connectivity index (χ0) is 17.6. The fraction of sp³-hybridized carbons (Fsp3) is 0.316. The van der Waals surface area contributed by atoms with E-state index in [0.717, 1.165) is 29.0 Å². The van der Waals surface area contributed by atoms with Gasteiger partial charge in [-0.3, -0.25) is 4.57 Å². The van der Waals surface area contributed by atoms with Crippen LogP contribution < -0.4 is 10.2 Å². The molecule has 1 aromatic carbocycles. The molecule has 2 rings (SSSR count). The summed E-state index contributed by atoms with van der Waals surface area (Å²) in [6.45, 7) is 5.82. The van der Waals surface area contributed by atoms with E-state index in [9.17, 15) is 4.57 Å². The molecule has 0 saturated carbocycles. The highest BCUT2D eigenvalue weighted by atomic mass is 31.2. The van der Waals surface area contributed by atoms with Gasteiger partial charge in [0.1, 0.15) is 11.2 Å². The third-order valence-electron chi connectivity index (χ3n) is 3.46. The molecule has 0 bridgehead atoms. The summed E-state index contributed by atoms with van der Waals surface area (Å²) in [7, 11) is -1.28. The summed E-state index contributed by atoms with van der Waals surface area (Å²) in [5, 5.41) is 0. The Hall–Kier alpha value is -2.08. The molecule has 126 valence electrons. The van der Waals surface area contributed by atoms with Gasteiger partial charge in [0.15, 0.2) is 0 Å². The molecule has 24 heavy (non-hydrogen) atoms. The molecule has 1 heterocycles. The first-order valence-electron chi connectivity index (χ1n) is 7.88. The lowest BCUT2D eigenvalue weighted by Crippen LogP contribution is -2.14. The smallest absolute Gasteiger partial charge is 0.247 e. The third-order valence-corrected chi connectivity index (χ3v) is 5.27. The van der Waals surface area contributed by atoms with Gasteiger partial charge >= 0.3 is 0 Å². The Balaban J connectivity index is 2.36. The second-order valence-electron chi connectivity index (χ2n) is 5.30. The Labute approximate surface area is 143 Å². The first-order chi connectivity index (χ1) is 11.5. The normalized spacial score (nSPS) is 12.8. The van der Waals surface area contributed by atoms with Gasteiger partial charge in [-0.1, -0.05) is 18.8 Å². The molecule has 0 aliphatic heterocycles. The number of nitrogens with zero attached hydrogens (tertiary/aromatic N) is 1. The average Bonchev–Trinajstić information content (AvgIpc) is 2.60. The predicted octanol–water partition coefficient (Wildman–Crippen LogP) is 3.62. The first-order valence-corrected chi connectivity index (χ1v) is 9.95. The minimum atomic E-state index is -2.91. The van der Waals surface area contributed by atoms with Gasteiger partial charge < -0.3 is 9.26 Å². The molecule has 0 radical (unpaired) electrons. The maximum atomic E-state index is 12.6. The van der Waals surface area contributed by atoms with Crippen molar-refractivity contribution in [2.75, 3.05) is 20.4 Å². The summed E-state index contributed by atoms with van der Waals surface area (Å²) in [6.07, 6.45) is 0.747. The van der Waals surface area contributed by atoms with E-state index in [1.807, 2.05) is 44.2 Å². The number of aromatic nitrogens is 1. The number of rotatable bonds is 5. The topological polar surface area (TPSA) is 48.4 Å². The third kappa shape index (κ3) is 4.71. The Morgan fingerprint density at radius 2 is 1.75 bits per heavy atom. The second kappa shape index (κ2) is 8.15. The lowest BCUT2D eigenvalue weighted by atomic mass is 10.1. The SMILES string of the molecule is CCOP(C)(=O)c1cc(C#Cc2ccc(OC)cc2)cc(CC)n1. The number of hydrogen-bond donors (Lipinski definition) is 0. The molecule has 0 aliphatic carbocycles. The highest BCUT2D eigenvalue weighted by Crippen LogP contribution is 2.40. The van der Waals surface area contributed by atoms with Gasteiger partial charge in [0.25, 0.3) is 0 Å². The van der Waals surface area contributed by atoms with Crippen molar-refractivity contribution in [3.8, 4) is 17.6 Å². The summed E-state index contributed by atoms with van der Waals surface area (Å²) >= 11 is 0. The summed E-state index contributed by atoms with van der Waals surface area (Å²) in [4.78, 5) is 4.45. The molecule has 1 aromatic heterocycles. The van der Waals surface area contributed by atoms with E-state index in [2.05, 4.69) is 16.8 Å². The molecule has 5 heteroatoms. The summed E-state index contributed by atoms with van der Waals surface area (Å²) < 4.78 is 23.2. The van der Waals surface area contributed by atoms with E-state index in [-0.39, 0.29) is 0 Å². The van der Waals surface area contributed by atoms with Gasteiger partial charge in [-0.25, -0.2) is 4.98 Å². The number of methoxy groups -OCH3 is 1. The molecule has 0 aliphatic rings. The summed E-state index contributed by atoms with van der Waals surface area (Å²) in [5.74, 6) is 7.03. The Morgan fingerprint density at radius 3 is 2.33 bits per heavy atom. The summed E-state index contributed by atoms with van der Waals surface area (Å²) in [5.41, 5.74) is 3.00. The minimum Gasteiger partial charge on any atom is -0.497 e. The Kier molecular flexibility index (Phi) is 6.20. The van der Waals surface area contributed by atoms with E-state index in [1.54, 1.807) is 19.8 Å². The highest BCUT2D eigenvalue weighted by Gasteiger charge is 2.21. The quantitative estimate of drug-likeness (QED) is 0.614. The molecule has 4 nitrogen and oxygen atoms in total. The van der Waals surface area contributed by atoms with Crippen molar-refractivity contribution in [3.63, 3.8) is 0 Å². The number of pyridine rings is 1. The molecule has 0 N–H and O–H groups in total. The lowest BCUT2D eigenvalue weighted by molar-refractivity contribution is 0.344. The van der Waals surface area contributed by atoms with Crippen molar-refractivity contribution in [1.82, 2.24) is 4.98 Å². The van der Waals surface area contributed by atoms with Crippen LogP contribution in [0.25, 0.3) is 0 Å². The van der Waals surface area contributed by atoms with Crippen LogP contribution in [-0.4, -0.2) is 25.4 Å². The molecule has 0 amide bonds. The van der Waals surface area contributed by atoms with Crippen molar-refractivity contribution in [3.05, 3.63) is 53.2 Å². The minimum absolute atomic E-state index is 0.388. The van der Waals surface area contributed by atoms with E-state index in [0.29, 0.717) is 12.0 Å². The Morgan fingerprint density at radius 1 is 1.08 bits per heavy atom. The zero-order valence-corrected chi connectivity index (χ0v) is 15.4. The first kappa shape index (κ1) is 18.3. The van der Waals surface area contributed by atoms with Crippen LogP contribution >= 0.6 is 7.37 Å². The monoisotopic (exact) mass is 343 g/mol. The van der Waals surface area contributed by atoms with Crippen LogP contribution in [-0.2, 0) is 15.5 Å². The average molecular weight is 343 g/mol. The molecule has 0 saturated heterocycles. The maximum absolute atomic E-state index is 12.6. The van der Waals surface area contributed by atoms with Gasteiger partial charge in [-0.05, 0) is 49.7 Å². The molecule has 1 atom stereocenters. The van der Waals surface area contributed by atoms with Crippen molar-refractivity contribution < 1.29 is 13.8 Å². The van der Waals surface area contributed by atoms with Gasteiger partial charge in [0.2, 0.25) is 7.37 Å². The van der Waals surface area contributed by atoms with Gasteiger partial charge in [0.05, 0.1) is 13.7 Å². The fourth-order valence-corrected chi connectivity index (χ4v) is 3.47. The molecular weight excluding hydrogens is 321 g/mol. The highest BCUT2D eigenvalue weighted by molar-refractivity contribution is 7.65. The summed E-state index contributed by atoms with van der Waals surface area (Å²) in [6, 6.07) is 11.2. The van der Waals surface area contributed by atoms with Crippen molar-refractivity contribution >= 4 is 12.8 Å². The second-order valence-corrected chi connectivity index (χ2v) is 7.71. The molecule has 1 unspecified atom stereocenters. The number of ether oxygens (including phenoxy) is 1. The van der Waals surface area contributed by atoms with Crippen LogP contribution in [0.5, 0.6) is 5.75 Å². The molecule has 0 spiro atoms. The Bertz CT molecular complexity index is 804. The molecule has 0 fully saturated rings. The number of benzene rings is 1. The van der Waals surface area contributed by atoms with E-state index in [1.165, 1.54) is 0 Å². The van der Waals surface area contributed by atoms with E-state index < -0.39 is 7.37 Å². The largest absolute Gasteiger partial charge is 0.497 e.